The van der Waals surface area contributed by atoms with Crippen molar-refractivity contribution in [2.45, 2.75) is 6.42 Å². The van der Waals surface area contributed by atoms with E-state index in [1.165, 1.54) is 12.1 Å². The van der Waals surface area contributed by atoms with Crippen LogP contribution < -0.4 is 0 Å². The zero-order chi connectivity index (χ0) is 9.97. The van der Waals surface area contributed by atoms with Crippen molar-refractivity contribution in [3.63, 3.8) is 0 Å². The third-order valence-electron chi connectivity index (χ3n) is 2.06. The van der Waals surface area contributed by atoms with Crippen LogP contribution in [0.4, 0.5) is 0 Å². The largest absolute Gasteiger partial charge is 0.508 e. The number of hydrogen-bond donors (Lipinski definition) is 2. The minimum atomic E-state index is 0.0846. The lowest BCUT2D eigenvalue weighted by Gasteiger charge is -2.04. The fourth-order valence-corrected chi connectivity index (χ4v) is 1.33. The first-order chi connectivity index (χ1) is 6.77. The summed E-state index contributed by atoms with van der Waals surface area (Å²) in [6.07, 6.45) is 1.96. The number of benzene rings is 1. The summed E-state index contributed by atoms with van der Waals surface area (Å²) in [4.78, 5) is 0. The van der Waals surface area contributed by atoms with E-state index in [0.717, 1.165) is 0 Å². The van der Waals surface area contributed by atoms with Gasteiger partial charge in [0.05, 0.1) is 6.26 Å². The molecule has 3 heteroatoms. The number of hydrogen-bond acceptors (Lipinski definition) is 3. The lowest BCUT2D eigenvalue weighted by molar-refractivity contribution is 0.434. The average molecular weight is 190 g/mol. The SMILES string of the molecule is Oc1cccc(O)c1Cc1ccco1. The molecule has 0 amide bonds. The van der Waals surface area contributed by atoms with Gasteiger partial charge in [-0.2, -0.15) is 0 Å². The van der Waals surface area contributed by atoms with Crippen molar-refractivity contribution in [1.82, 2.24) is 0 Å². The van der Waals surface area contributed by atoms with E-state index >= 15 is 0 Å². The molecule has 0 saturated heterocycles. The van der Waals surface area contributed by atoms with Crippen LogP contribution in [-0.4, -0.2) is 10.2 Å². The van der Waals surface area contributed by atoms with E-state index in [4.69, 9.17) is 4.42 Å². The second-order valence-electron chi connectivity index (χ2n) is 3.03. The van der Waals surface area contributed by atoms with E-state index < -0.39 is 0 Å². The Bertz CT molecular complexity index is 398. The monoisotopic (exact) mass is 190 g/mol. The first-order valence-corrected chi connectivity index (χ1v) is 4.29. The van der Waals surface area contributed by atoms with Crippen LogP contribution in [-0.2, 0) is 6.42 Å². The van der Waals surface area contributed by atoms with Crippen molar-refractivity contribution in [3.05, 3.63) is 47.9 Å². The number of phenolic OH excluding ortho intramolecular Hbond substituents is 2. The van der Waals surface area contributed by atoms with Crippen molar-refractivity contribution >= 4 is 0 Å². The topological polar surface area (TPSA) is 53.6 Å². The summed E-state index contributed by atoms with van der Waals surface area (Å²) in [6, 6.07) is 8.24. The van der Waals surface area contributed by atoms with Gasteiger partial charge in [-0.25, -0.2) is 0 Å². The zero-order valence-corrected chi connectivity index (χ0v) is 7.47. The maximum atomic E-state index is 9.49. The van der Waals surface area contributed by atoms with E-state index in [-0.39, 0.29) is 11.5 Å². The fraction of sp³-hybridized carbons (Fsp3) is 0.0909. The van der Waals surface area contributed by atoms with Gasteiger partial charge in [0.1, 0.15) is 17.3 Å². The normalized spacial score (nSPS) is 10.3. The molecule has 0 aliphatic heterocycles. The standard InChI is InChI=1S/C11H10O3/c12-10-4-1-5-11(13)9(10)7-8-3-2-6-14-8/h1-6,12-13H,7H2. The Kier molecular flexibility index (Phi) is 2.14. The predicted octanol–water partition coefficient (Wildman–Crippen LogP) is 2.28. The first-order valence-electron chi connectivity index (χ1n) is 4.29. The predicted molar refractivity (Wildman–Crippen MR) is 51.3 cm³/mol. The highest BCUT2D eigenvalue weighted by Crippen LogP contribution is 2.28. The van der Waals surface area contributed by atoms with Crippen molar-refractivity contribution in [2.24, 2.45) is 0 Å². The minimum absolute atomic E-state index is 0.0846. The summed E-state index contributed by atoms with van der Waals surface area (Å²) in [5.74, 6) is 0.879. The smallest absolute Gasteiger partial charge is 0.122 e. The minimum Gasteiger partial charge on any atom is -0.508 e. The van der Waals surface area contributed by atoms with E-state index in [0.29, 0.717) is 17.7 Å². The quantitative estimate of drug-likeness (QED) is 0.763. The molecule has 72 valence electrons. The summed E-state index contributed by atoms with van der Waals surface area (Å²) in [7, 11) is 0. The first kappa shape index (κ1) is 8.69. The van der Waals surface area contributed by atoms with Crippen LogP contribution in [0, 0.1) is 0 Å². The van der Waals surface area contributed by atoms with Gasteiger partial charge in [-0.3, -0.25) is 0 Å². The molecule has 0 unspecified atom stereocenters. The Morgan fingerprint density at radius 1 is 1.00 bits per heavy atom. The Morgan fingerprint density at radius 2 is 1.71 bits per heavy atom. The molecule has 14 heavy (non-hydrogen) atoms. The van der Waals surface area contributed by atoms with Crippen LogP contribution in [0.1, 0.15) is 11.3 Å². The number of aromatic hydroxyl groups is 2. The molecule has 2 rings (SSSR count). The lowest BCUT2D eigenvalue weighted by atomic mass is 10.1. The molecule has 0 radical (unpaired) electrons. The zero-order valence-electron chi connectivity index (χ0n) is 7.47. The number of rotatable bonds is 2. The maximum absolute atomic E-state index is 9.49. The van der Waals surface area contributed by atoms with Gasteiger partial charge < -0.3 is 14.6 Å². The third-order valence-corrected chi connectivity index (χ3v) is 2.06. The second-order valence-corrected chi connectivity index (χ2v) is 3.03. The molecule has 0 atom stereocenters. The van der Waals surface area contributed by atoms with Gasteiger partial charge in [0, 0.05) is 12.0 Å². The van der Waals surface area contributed by atoms with E-state index in [9.17, 15) is 10.2 Å². The van der Waals surface area contributed by atoms with E-state index in [1.807, 2.05) is 0 Å². The Balaban J connectivity index is 2.33. The molecule has 2 N–H and O–H groups in total. The highest BCUT2D eigenvalue weighted by atomic mass is 16.3. The van der Waals surface area contributed by atoms with Crippen LogP contribution >= 0.6 is 0 Å². The molecule has 1 aromatic carbocycles. The van der Waals surface area contributed by atoms with Crippen LogP contribution in [0.2, 0.25) is 0 Å². The van der Waals surface area contributed by atoms with Crippen molar-refractivity contribution in [1.29, 1.82) is 0 Å². The Morgan fingerprint density at radius 3 is 2.29 bits per heavy atom. The van der Waals surface area contributed by atoms with Gasteiger partial charge in [-0.15, -0.1) is 0 Å². The highest BCUT2D eigenvalue weighted by molar-refractivity contribution is 5.44. The van der Waals surface area contributed by atoms with Crippen molar-refractivity contribution in [3.8, 4) is 11.5 Å². The van der Waals surface area contributed by atoms with Gasteiger partial charge >= 0.3 is 0 Å². The van der Waals surface area contributed by atoms with Gasteiger partial charge in [0.15, 0.2) is 0 Å². The maximum Gasteiger partial charge on any atom is 0.122 e. The van der Waals surface area contributed by atoms with Gasteiger partial charge in [-0.05, 0) is 24.3 Å². The number of furan rings is 1. The van der Waals surface area contributed by atoms with Crippen molar-refractivity contribution in [2.75, 3.05) is 0 Å². The Labute approximate surface area is 81.2 Å². The molecule has 0 aliphatic carbocycles. The molecule has 0 spiro atoms. The lowest BCUT2D eigenvalue weighted by Crippen LogP contribution is -1.87. The molecule has 3 nitrogen and oxygen atoms in total. The fourth-order valence-electron chi connectivity index (χ4n) is 1.33. The molecule has 0 fully saturated rings. The average Bonchev–Trinajstić information content (AvgIpc) is 2.64. The van der Waals surface area contributed by atoms with Gasteiger partial charge in [0.25, 0.3) is 0 Å². The summed E-state index contributed by atoms with van der Waals surface area (Å²) >= 11 is 0. The van der Waals surface area contributed by atoms with Crippen LogP contribution in [0.3, 0.4) is 0 Å². The molecular formula is C11H10O3. The van der Waals surface area contributed by atoms with Gasteiger partial charge in [-0.1, -0.05) is 6.07 Å². The summed E-state index contributed by atoms with van der Waals surface area (Å²) < 4.78 is 5.13. The molecular weight excluding hydrogens is 180 g/mol. The molecule has 1 aromatic heterocycles. The summed E-state index contributed by atoms with van der Waals surface area (Å²) in [5, 5.41) is 19.0. The molecule has 2 aromatic rings. The Hall–Kier alpha value is -1.90. The van der Waals surface area contributed by atoms with Crippen LogP contribution in [0.5, 0.6) is 11.5 Å². The molecule has 0 saturated carbocycles. The summed E-state index contributed by atoms with van der Waals surface area (Å²) in [5.41, 5.74) is 0.488. The van der Waals surface area contributed by atoms with E-state index in [2.05, 4.69) is 0 Å². The molecule has 1 heterocycles. The summed E-state index contributed by atoms with van der Waals surface area (Å²) in [6.45, 7) is 0. The highest BCUT2D eigenvalue weighted by Gasteiger charge is 2.08. The van der Waals surface area contributed by atoms with E-state index in [1.54, 1.807) is 24.5 Å². The number of phenols is 2. The molecule has 0 bridgehead atoms. The van der Waals surface area contributed by atoms with Gasteiger partial charge in [0.2, 0.25) is 0 Å². The van der Waals surface area contributed by atoms with Crippen molar-refractivity contribution < 1.29 is 14.6 Å². The van der Waals surface area contributed by atoms with Crippen LogP contribution in [0.15, 0.2) is 41.0 Å². The van der Waals surface area contributed by atoms with Crippen LogP contribution in [0.25, 0.3) is 0 Å². The third kappa shape index (κ3) is 1.57. The second kappa shape index (κ2) is 3.46. The molecule has 0 aliphatic rings.